The second-order valence-electron chi connectivity index (χ2n) is 7.51. The molecule has 0 bridgehead atoms. The minimum atomic E-state index is 0.612. The molecule has 4 rings (SSSR count). The molecule has 1 heteroatoms. The molecule has 0 aromatic heterocycles. The third kappa shape index (κ3) is 1.71. The predicted octanol–water partition coefficient (Wildman–Crippen LogP) is 4.16. The Morgan fingerprint density at radius 1 is 1.21 bits per heavy atom. The number of nitrogens with zero attached hydrogens (tertiary/aromatic N) is 1. The molecule has 1 spiro atoms. The van der Waals surface area contributed by atoms with E-state index in [0.29, 0.717) is 11.3 Å². The molecule has 0 radical (unpaired) electrons. The van der Waals surface area contributed by atoms with Gasteiger partial charge in [0, 0.05) is 13.1 Å². The summed E-state index contributed by atoms with van der Waals surface area (Å²) in [6.45, 7) is 7.11. The SMILES string of the molecule is CC(C)c1cc2c3c(c1)C1(CCC3CN(C)C2)CC1. The second-order valence-corrected chi connectivity index (χ2v) is 7.51. The van der Waals surface area contributed by atoms with Gasteiger partial charge in [0.25, 0.3) is 0 Å². The highest BCUT2D eigenvalue weighted by Gasteiger charge is 2.50. The topological polar surface area (TPSA) is 3.24 Å². The molecule has 1 fully saturated rings. The molecule has 0 N–H and O–H groups in total. The minimum Gasteiger partial charge on any atom is -0.301 e. The van der Waals surface area contributed by atoms with Crippen molar-refractivity contribution in [1.82, 2.24) is 4.90 Å². The molecule has 0 saturated heterocycles. The molecule has 1 unspecified atom stereocenters. The van der Waals surface area contributed by atoms with Gasteiger partial charge in [0.2, 0.25) is 0 Å². The molecule has 1 atom stereocenters. The largest absolute Gasteiger partial charge is 0.301 e. The molecule has 2 aliphatic carbocycles. The van der Waals surface area contributed by atoms with E-state index in [0.717, 1.165) is 12.5 Å². The van der Waals surface area contributed by atoms with E-state index in [-0.39, 0.29) is 0 Å². The van der Waals surface area contributed by atoms with E-state index >= 15 is 0 Å². The summed E-state index contributed by atoms with van der Waals surface area (Å²) in [5.74, 6) is 1.47. The first-order valence-corrected chi connectivity index (χ1v) is 7.95. The molecule has 1 heterocycles. The summed E-state index contributed by atoms with van der Waals surface area (Å²) >= 11 is 0. The van der Waals surface area contributed by atoms with Crippen molar-refractivity contribution in [3.63, 3.8) is 0 Å². The molecule has 1 aliphatic heterocycles. The van der Waals surface area contributed by atoms with E-state index in [9.17, 15) is 0 Å². The van der Waals surface area contributed by atoms with E-state index in [1.807, 2.05) is 0 Å². The van der Waals surface area contributed by atoms with Gasteiger partial charge in [0.15, 0.2) is 0 Å². The molecular weight excluding hydrogens is 230 g/mol. The molecule has 3 aliphatic rings. The van der Waals surface area contributed by atoms with Gasteiger partial charge in [0.05, 0.1) is 0 Å². The van der Waals surface area contributed by atoms with Gasteiger partial charge < -0.3 is 4.90 Å². The fourth-order valence-electron chi connectivity index (χ4n) is 4.44. The van der Waals surface area contributed by atoms with Crippen molar-refractivity contribution in [2.75, 3.05) is 13.6 Å². The summed E-state index contributed by atoms with van der Waals surface area (Å²) in [5.41, 5.74) is 7.35. The predicted molar refractivity (Wildman–Crippen MR) is 79.8 cm³/mol. The Morgan fingerprint density at radius 2 is 2.00 bits per heavy atom. The molecule has 1 saturated carbocycles. The van der Waals surface area contributed by atoms with E-state index in [4.69, 9.17) is 0 Å². The van der Waals surface area contributed by atoms with Gasteiger partial charge in [-0.25, -0.2) is 0 Å². The smallest absolute Gasteiger partial charge is 0.0233 e. The standard InChI is InChI=1S/C18H25N/c1-12(2)14-8-15-11-19(3)10-13-4-5-18(6-7-18)16(9-14)17(13)15/h8-9,12-13H,4-7,10-11H2,1-3H3. The first-order valence-electron chi connectivity index (χ1n) is 7.95. The maximum Gasteiger partial charge on any atom is 0.0233 e. The van der Waals surface area contributed by atoms with Crippen molar-refractivity contribution in [3.05, 3.63) is 34.4 Å². The monoisotopic (exact) mass is 255 g/mol. The first-order chi connectivity index (χ1) is 9.09. The van der Waals surface area contributed by atoms with Crippen molar-refractivity contribution < 1.29 is 0 Å². The van der Waals surface area contributed by atoms with Gasteiger partial charge in [-0.1, -0.05) is 26.0 Å². The van der Waals surface area contributed by atoms with Crippen LogP contribution in [0.25, 0.3) is 0 Å². The number of rotatable bonds is 1. The van der Waals surface area contributed by atoms with Gasteiger partial charge in [-0.2, -0.15) is 0 Å². The van der Waals surface area contributed by atoms with Crippen LogP contribution in [0.1, 0.15) is 73.6 Å². The van der Waals surface area contributed by atoms with Crippen LogP contribution < -0.4 is 0 Å². The van der Waals surface area contributed by atoms with E-state index in [1.54, 1.807) is 22.3 Å². The second kappa shape index (κ2) is 3.85. The van der Waals surface area contributed by atoms with Crippen molar-refractivity contribution in [3.8, 4) is 0 Å². The maximum atomic E-state index is 2.58. The Hall–Kier alpha value is -0.820. The van der Waals surface area contributed by atoms with Crippen LogP contribution in [0, 0.1) is 0 Å². The molecule has 1 nitrogen and oxygen atoms in total. The van der Waals surface area contributed by atoms with Crippen LogP contribution in [0.4, 0.5) is 0 Å². The molecule has 1 aromatic carbocycles. The summed E-state index contributed by atoms with van der Waals surface area (Å²) in [7, 11) is 2.28. The number of benzene rings is 1. The summed E-state index contributed by atoms with van der Waals surface area (Å²) in [4.78, 5) is 2.52. The third-order valence-electron chi connectivity index (χ3n) is 5.73. The number of hydrogen-bond donors (Lipinski definition) is 0. The van der Waals surface area contributed by atoms with Crippen molar-refractivity contribution in [1.29, 1.82) is 0 Å². The summed E-state index contributed by atoms with van der Waals surface area (Å²) < 4.78 is 0. The lowest BCUT2D eigenvalue weighted by Gasteiger charge is -2.40. The highest BCUT2D eigenvalue weighted by atomic mass is 15.1. The minimum absolute atomic E-state index is 0.612. The van der Waals surface area contributed by atoms with E-state index in [2.05, 4.69) is 37.9 Å². The zero-order valence-corrected chi connectivity index (χ0v) is 12.5. The molecular formula is C18H25N. The van der Waals surface area contributed by atoms with Gasteiger partial charge in [0.1, 0.15) is 0 Å². The normalized spacial score (nSPS) is 27.7. The van der Waals surface area contributed by atoms with Crippen LogP contribution in [0.2, 0.25) is 0 Å². The molecule has 0 amide bonds. The van der Waals surface area contributed by atoms with E-state index in [1.165, 1.54) is 32.2 Å². The highest BCUT2D eigenvalue weighted by molar-refractivity contribution is 5.51. The lowest BCUT2D eigenvalue weighted by molar-refractivity contribution is 0.258. The lowest BCUT2D eigenvalue weighted by atomic mass is 9.70. The van der Waals surface area contributed by atoms with Gasteiger partial charge >= 0.3 is 0 Å². The van der Waals surface area contributed by atoms with Gasteiger partial charge in [-0.05, 0) is 72.2 Å². The fraction of sp³-hybridized carbons (Fsp3) is 0.667. The Bertz CT molecular complexity index is 525. The first kappa shape index (κ1) is 12.0. The third-order valence-corrected chi connectivity index (χ3v) is 5.73. The Kier molecular flexibility index (Phi) is 2.42. The van der Waals surface area contributed by atoms with Gasteiger partial charge in [-0.15, -0.1) is 0 Å². The molecule has 102 valence electrons. The Balaban J connectivity index is 1.92. The van der Waals surface area contributed by atoms with Crippen LogP contribution in [0.3, 0.4) is 0 Å². The maximum absolute atomic E-state index is 2.58. The van der Waals surface area contributed by atoms with Crippen LogP contribution in [0.5, 0.6) is 0 Å². The quantitative estimate of drug-likeness (QED) is 0.728. The number of likely N-dealkylation sites (N-methyl/N-ethyl adjacent to an activating group) is 1. The average Bonchev–Trinajstić information content (AvgIpc) is 3.14. The van der Waals surface area contributed by atoms with E-state index < -0.39 is 0 Å². The summed E-state index contributed by atoms with van der Waals surface area (Å²) in [5, 5.41) is 0. The molecule has 1 aromatic rings. The van der Waals surface area contributed by atoms with Crippen molar-refractivity contribution in [2.45, 2.75) is 63.3 Å². The zero-order valence-electron chi connectivity index (χ0n) is 12.5. The Labute approximate surface area is 117 Å². The number of hydrogen-bond acceptors (Lipinski definition) is 1. The van der Waals surface area contributed by atoms with Gasteiger partial charge in [-0.3, -0.25) is 0 Å². The lowest BCUT2D eigenvalue weighted by Crippen LogP contribution is -2.35. The van der Waals surface area contributed by atoms with Crippen LogP contribution >= 0.6 is 0 Å². The van der Waals surface area contributed by atoms with Crippen molar-refractivity contribution >= 4 is 0 Å². The number of fused-ring (bicyclic) bond motifs is 1. The van der Waals surface area contributed by atoms with Crippen LogP contribution in [-0.4, -0.2) is 18.5 Å². The zero-order chi connectivity index (χ0) is 13.2. The highest BCUT2D eigenvalue weighted by Crippen LogP contribution is 2.59. The average molecular weight is 255 g/mol. The van der Waals surface area contributed by atoms with Crippen molar-refractivity contribution in [2.24, 2.45) is 0 Å². The van der Waals surface area contributed by atoms with Crippen LogP contribution in [0.15, 0.2) is 12.1 Å². The molecule has 19 heavy (non-hydrogen) atoms. The van der Waals surface area contributed by atoms with Crippen LogP contribution in [-0.2, 0) is 12.0 Å². The summed E-state index contributed by atoms with van der Waals surface area (Å²) in [6, 6.07) is 5.08. The summed E-state index contributed by atoms with van der Waals surface area (Å²) in [6.07, 6.45) is 5.76. The fourth-order valence-corrected chi connectivity index (χ4v) is 4.44. The Morgan fingerprint density at radius 3 is 2.68 bits per heavy atom.